The number of likely N-dealkylation sites (tertiary alicyclic amines) is 2. The van der Waals surface area contributed by atoms with Crippen LogP contribution in [0.2, 0.25) is 10.0 Å². The van der Waals surface area contributed by atoms with E-state index in [1.165, 1.54) is 25.5 Å². The monoisotopic (exact) mass is 704 g/mol. The Balaban J connectivity index is 1.56. The molecule has 1 atom stereocenters. The molecule has 13 heteroatoms. The van der Waals surface area contributed by atoms with Crippen LogP contribution in [0.1, 0.15) is 80.0 Å². The fraction of sp³-hybridized carbons (Fsp3) is 0.559. The summed E-state index contributed by atoms with van der Waals surface area (Å²) < 4.78 is 80.6. The SMILES string of the molecule is N=CCC[C@@](CCN1CCC(N2CCCCC2)CC1)(CC(=N)C(=O)Cc1cc(C(F)(F)F)cc(C(F)(F)F)c1)c1ccc(Cl)c(Cl)c1. The predicted octanol–water partition coefficient (Wildman–Crippen LogP) is 9.26. The first-order valence-corrected chi connectivity index (χ1v) is 16.7. The van der Waals surface area contributed by atoms with Crippen molar-refractivity contribution in [2.75, 3.05) is 32.7 Å². The first kappa shape index (κ1) is 37.4. The van der Waals surface area contributed by atoms with Crippen LogP contribution < -0.4 is 0 Å². The third-order valence-electron chi connectivity index (χ3n) is 9.53. The average molecular weight is 706 g/mol. The molecule has 2 aromatic carbocycles. The Morgan fingerprint density at radius 1 is 0.830 bits per heavy atom. The van der Waals surface area contributed by atoms with Crippen LogP contribution >= 0.6 is 23.2 Å². The van der Waals surface area contributed by atoms with Crippen molar-refractivity contribution in [3.05, 3.63) is 68.7 Å². The first-order valence-electron chi connectivity index (χ1n) is 15.9. The van der Waals surface area contributed by atoms with Gasteiger partial charge in [0.2, 0.25) is 0 Å². The number of piperidine rings is 2. The maximum absolute atomic E-state index is 13.4. The van der Waals surface area contributed by atoms with Crippen molar-refractivity contribution in [2.24, 2.45) is 0 Å². The van der Waals surface area contributed by atoms with Gasteiger partial charge in [0.25, 0.3) is 0 Å². The summed E-state index contributed by atoms with van der Waals surface area (Å²) >= 11 is 12.6. The zero-order valence-electron chi connectivity index (χ0n) is 26.1. The minimum Gasteiger partial charge on any atom is -0.313 e. The molecule has 0 saturated carbocycles. The molecule has 0 amide bonds. The number of rotatable bonds is 13. The van der Waals surface area contributed by atoms with Crippen molar-refractivity contribution in [3.63, 3.8) is 0 Å². The fourth-order valence-electron chi connectivity index (χ4n) is 6.88. The molecule has 0 spiro atoms. The standard InChI is InChI=1S/C34H40Cl2F6N4O/c35-28-6-5-24(21-29(28)36)32(9-4-11-43,10-16-45-14-7-27(8-15-45)46-12-2-1-3-13-46)22-30(44)31(47)19-23-17-25(33(37,38)39)20-26(18-23)34(40,41)42/h5-6,11,17-18,20-21,27,43-44H,1-4,7-10,12-16,19,22H2/t32-/m1/s1. The number of nitrogens with one attached hydrogen (secondary N) is 2. The zero-order chi connectivity index (χ0) is 34.4. The second-order valence-electron chi connectivity index (χ2n) is 12.7. The number of hydrogen-bond acceptors (Lipinski definition) is 5. The van der Waals surface area contributed by atoms with E-state index < -0.39 is 52.4 Å². The lowest BCUT2D eigenvalue weighted by Gasteiger charge is -2.42. The summed E-state index contributed by atoms with van der Waals surface area (Å²) in [7, 11) is 0. The van der Waals surface area contributed by atoms with Crippen LogP contribution in [0, 0.1) is 10.8 Å². The van der Waals surface area contributed by atoms with Gasteiger partial charge in [-0.05, 0) is 125 Å². The highest BCUT2D eigenvalue weighted by Crippen LogP contribution is 2.41. The number of halogens is 8. The molecule has 0 unspecified atom stereocenters. The van der Waals surface area contributed by atoms with Crippen LogP contribution in [0.25, 0.3) is 0 Å². The number of Topliss-reactive ketones (excluding diaryl/α,β-unsaturated/α-hetero) is 1. The molecule has 47 heavy (non-hydrogen) atoms. The normalized spacial score (nSPS) is 18.6. The Kier molecular flexibility index (Phi) is 12.6. The number of nitrogens with zero attached hydrogens (tertiary/aromatic N) is 2. The lowest BCUT2D eigenvalue weighted by atomic mass is 9.69. The van der Waals surface area contributed by atoms with Gasteiger partial charge in [0.1, 0.15) is 0 Å². The summed E-state index contributed by atoms with van der Waals surface area (Å²) in [4.78, 5) is 18.3. The van der Waals surface area contributed by atoms with Gasteiger partial charge in [-0.3, -0.25) is 4.79 Å². The number of hydrogen-bond donors (Lipinski definition) is 2. The van der Waals surface area contributed by atoms with Crippen molar-refractivity contribution in [3.8, 4) is 0 Å². The van der Waals surface area contributed by atoms with Crippen LogP contribution in [0.5, 0.6) is 0 Å². The van der Waals surface area contributed by atoms with Gasteiger partial charge >= 0.3 is 12.4 Å². The van der Waals surface area contributed by atoms with Crippen molar-refractivity contribution in [1.29, 1.82) is 10.8 Å². The molecule has 2 N–H and O–H groups in total. The molecule has 258 valence electrons. The maximum atomic E-state index is 13.4. The van der Waals surface area contributed by atoms with E-state index in [0.29, 0.717) is 54.6 Å². The van der Waals surface area contributed by atoms with E-state index in [9.17, 15) is 31.1 Å². The third kappa shape index (κ3) is 10.0. The van der Waals surface area contributed by atoms with Crippen LogP contribution in [0.4, 0.5) is 26.3 Å². The summed E-state index contributed by atoms with van der Waals surface area (Å²) in [6.45, 7) is 4.66. The van der Waals surface area contributed by atoms with Gasteiger partial charge in [-0.15, -0.1) is 0 Å². The van der Waals surface area contributed by atoms with Gasteiger partial charge in [0.15, 0.2) is 5.78 Å². The summed E-state index contributed by atoms with van der Waals surface area (Å²) in [5, 5.41) is 17.1. The molecule has 2 aromatic rings. The largest absolute Gasteiger partial charge is 0.416 e. The Morgan fingerprint density at radius 2 is 1.45 bits per heavy atom. The van der Waals surface area contributed by atoms with E-state index >= 15 is 0 Å². The summed E-state index contributed by atoms with van der Waals surface area (Å²) in [6.07, 6.45) is -2.82. The number of carbonyl (C=O) groups is 1. The molecule has 0 radical (unpaired) electrons. The third-order valence-corrected chi connectivity index (χ3v) is 10.3. The van der Waals surface area contributed by atoms with Crippen molar-refractivity contribution < 1.29 is 31.1 Å². The van der Waals surface area contributed by atoms with E-state index in [-0.39, 0.29) is 17.5 Å². The highest BCUT2D eigenvalue weighted by Gasteiger charge is 2.39. The molecule has 2 aliphatic heterocycles. The minimum atomic E-state index is -5.05. The lowest BCUT2D eigenvalue weighted by Crippen LogP contribution is -2.47. The molecular formula is C34H40Cl2F6N4O. The highest BCUT2D eigenvalue weighted by molar-refractivity contribution is 6.42. The topological polar surface area (TPSA) is 71.2 Å². The Labute approximate surface area is 281 Å². The van der Waals surface area contributed by atoms with E-state index in [1.807, 2.05) is 0 Å². The van der Waals surface area contributed by atoms with E-state index in [0.717, 1.165) is 39.0 Å². The Morgan fingerprint density at radius 3 is 2.00 bits per heavy atom. The summed E-state index contributed by atoms with van der Waals surface area (Å²) in [6, 6.07) is 6.67. The number of alkyl halides is 6. The van der Waals surface area contributed by atoms with Crippen LogP contribution in [0.15, 0.2) is 36.4 Å². The molecule has 2 saturated heterocycles. The molecule has 0 bridgehead atoms. The fourth-order valence-corrected chi connectivity index (χ4v) is 7.18. The summed E-state index contributed by atoms with van der Waals surface area (Å²) in [5.74, 6) is -0.876. The highest BCUT2D eigenvalue weighted by atomic mass is 35.5. The summed E-state index contributed by atoms with van der Waals surface area (Å²) in [5.41, 5.74) is -4.08. The predicted molar refractivity (Wildman–Crippen MR) is 173 cm³/mol. The van der Waals surface area contributed by atoms with Gasteiger partial charge < -0.3 is 20.6 Å². The number of carbonyl (C=O) groups excluding carboxylic acids is 1. The van der Waals surface area contributed by atoms with Crippen molar-refractivity contribution in [2.45, 2.75) is 88.0 Å². The molecule has 2 aliphatic rings. The minimum absolute atomic E-state index is 0.0152. The molecular weight excluding hydrogens is 665 g/mol. The van der Waals surface area contributed by atoms with E-state index in [4.69, 9.17) is 34.0 Å². The van der Waals surface area contributed by atoms with Crippen molar-refractivity contribution in [1.82, 2.24) is 9.80 Å². The Hall–Kier alpha value is -2.47. The van der Waals surface area contributed by atoms with E-state index in [2.05, 4.69) is 9.80 Å². The van der Waals surface area contributed by atoms with Crippen LogP contribution in [-0.2, 0) is 29.0 Å². The second-order valence-corrected chi connectivity index (χ2v) is 13.6. The van der Waals surface area contributed by atoms with E-state index in [1.54, 1.807) is 18.2 Å². The van der Waals surface area contributed by atoms with Gasteiger partial charge in [0.05, 0.1) is 26.9 Å². The quantitative estimate of drug-likeness (QED) is 0.161. The van der Waals surface area contributed by atoms with Gasteiger partial charge in [-0.2, -0.15) is 26.3 Å². The number of ketones is 1. The van der Waals surface area contributed by atoms with Gasteiger partial charge in [-0.1, -0.05) is 35.7 Å². The zero-order valence-corrected chi connectivity index (χ0v) is 27.6. The molecule has 0 aliphatic carbocycles. The molecule has 0 aromatic heterocycles. The second kappa shape index (κ2) is 15.8. The molecule has 2 heterocycles. The molecule has 5 nitrogen and oxygen atoms in total. The number of benzene rings is 2. The molecule has 4 rings (SSSR count). The lowest BCUT2D eigenvalue weighted by molar-refractivity contribution is -0.143. The van der Waals surface area contributed by atoms with Crippen LogP contribution in [0.3, 0.4) is 0 Å². The van der Waals surface area contributed by atoms with Gasteiger partial charge in [-0.25, -0.2) is 0 Å². The first-order chi connectivity index (χ1) is 22.1. The maximum Gasteiger partial charge on any atom is 0.416 e. The molecule has 2 fully saturated rings. The Bertz CT molecular complexity index is 1390. The van der Waals surface area contributed by atoms with Gasteiger partial charge in [0, 0.05) is 24.3 Å². The van der Waals surface area contributed by atoms with Crippen LogP contribution in [-0.4, -0.2) is 66.3 Å². The van der Waals surface area contributed by atoms with Crippen molar-refractivity contribution >= 4 is 40.9 Å². The average Bonchev–Trinajstić information content (AvgIpc) is 3.03. The smallest absolute Gasteiger partial charge is 0.313 e.